The fraction of sp³-hybridized carbons (Fsp3) is 0.875. The Kier molecular flexibility index (Phi) is 5.58. The highest BCUT2D eigenvalue weighted by Gasteiger charge is 2.52. The summed E-state index contributed by atoms with van der Waals surface area (Å²) in [6, 6.07) is -0.282. The van der Waals surface area contributed by atoms with Crippen LogP contribution in [0.3, 0.4) is 0 Å². The van der Waals surface area contributed by atoms with E-state index in [1.807, 2.05) is 4.90 Å². The van der Waals surface area contributed by atoms with Gasteiger partial charge in [0.15, 0.2) is 0 Å². The molecule has 2 atom stereocenters. The molecule has 1 saturated heterocycles. The first-order valence-electron chi connectivity index (χ1n) is 8.18. The molecule has 0 aromatic carbocycles. The summed E-state index contributed by atoms with van der Waals surface area (Å²) in [5.41, 5.74) is -0.583. The van der Waals surface area contributed by atoms with Crippen LogP contribution in [-0.4, -0.2) is 46.8 Å². The van der Waals surface area contributed by atoms with Gasteiger partial charge in [0.25, 0.3) is 0 Å². The second-order valence-corrected chi connectivity index (χ2v) is 7.44. The van der Waals surface area contributed by atoms with Crippen LogP contribution >= 0.6 is 11.8 Å². The average molecular weight is 312 g/mol. The highest BCUT2D eigenvalue weighted by molar-refractivity contribution is 7.98. The van der Waals surface area contributed by atoms with E-state index in [9.17, 15) is 9.59 Å². The van der Waals surface area contributed by atoms with E-state index in [-0.39, 0.29) is 23.8 Å². The Balaban J connectivity index is 2.21. The van der Waals surface area contributed by atoms with E-state index >= 15 is 0 Å². The summed E-state index contributed by atoms with van der Waals surface area (Å²) in [5.74, 6) is 1.48. The number of piperazine rings is 1. The lowest BCUT2D eigenvalue weighted by Gasteiger charge is -2.46. The van der Waals surface area contributed by atoms with E-state index < -0.39 is 5.54 Å². The zero-order valence-electron chi connectivity index (χ0n) is 13.5. The smallest absolute Gasteiger partial charge is 0.249 e. The molecule has 1 aliphatic carbocycles. The molecule has 1 spiro atoms. The van der Waals surface area contributed by atoms with Gasteiger partial charge in [-0.25, -0.2) is 0 Å². The minimum Gasteiger partial charge on any atom is -0.340 e. The van der Waals surface area contributed by atoms with Gasteiger partial charge in [0.05, 0.1) is 0 Å². The van der Waals surface area contributed by atoms with Crippen molar-refractivity contribution in [3.8, 4) is 0 Å². The van der Waals surface area contributed by atoms with Crippen LogP contribution in [0.25, 0.3) is 0 Å². The molecule has 1 saturated carbocycles. The predicted octanol–water partition coefficient (Wildman–Crippen LogP) is 2.43. The Bertz CT molecular complexity index is 394. The SMILES string of the molecule is CCC(C)C1C(=O)NC2(CCCC2)C(=O)N1CCCSC. The molecule has 0 aromatic rings. The second-order valence-electron chi connectivity index (χ2n) is 6.45. The van der Waals surface area contributed by atoms with Crippen LogP contribution in [0.5, 0.6) is 0 Å². The number of hydrogen-bond donors (Lipinski definition) is 1. The Morgan fingerprint density at radius 2 is 2.05 bits per heavy atom. The van der Waals surface area contributed by atoms with Crippen molar-refractivity contribution in [1.82, 2.24) is 10.2 Å². The number of rotatable bonds is 6. The van der Waals surface area contributed by atoms with Crippen molar-refractivity contribution in [1.29, 1.82) is 0 Å². The lowest BCUT2D eigenvalue weighted by atomic mass is 9.86. The van der Waals surface area contributed by atoms with Gasteiger partial charge in [-0.05, 0) is 37.2 Å². The summed E-state index contributed by atoms with van der Waals surface area (Å²) in [5, 5.41) is 3.09. The van der Waals surface area contributed by atoms with Crippen molar-refractivity contribution in [2.24, 2.45) is 5.92 Å². The van der Waals surface area contributed by atoms with Crippen LogP contribution in [-0.2, 0) is 9.59 Å². The lowest BCUT2D eigenvalue weighted by Crippen LogP contribution is -2.70. The van der Waals surface area contributed by atoms with Crippen LogP contribution in [0.15, 0.2) is 0 Å². The lowest BCUT2D eigenvalue weighted by molar-refractivity contribution is -0.157. The number of carbonyl (C=O) groups is 2. The van der Waals surface area contributed by atoms with E-state index in [0.29, 0.717) is 6.54 Å². The van der Waals surface area contributed by atoms with Crippen LogP contribution in [0.4, 0.5) is 0 Å². The number of hydrogen-bond acceptors (Lipinski definition) is 3. The molecule has 2 aliphatic rings. The fourth-order valence-corrected chi connectivity index (χ4v) is 4.05. The summed E-state index contributed by atoms with van der Waals surface area (Å²) < 4.78 is 0. The summed E-state index contributed by atoms with van der Waals surface area (Å²) in [4.78, 5) is 27.6. The number of nitrogens with one attached hydrogen (secondary N) is 1. The molecular weight excluding hydrogens is 284 g/mol. The molecule has 2 fully saturated rings. The molecule has 0 bridgehead atoms. The topological polar surface area (TPSA) is 49.4 Å². The first kappa shape index (κ1) is 16.7. The van der Waals surface area contributed by atoms with E-state index in [1.54, 1.807) is 11.8 Å². The van der Waals surface area contributed by atoms with Crippen molar-refractivity contribution in [3.05, 3.63) is 0 Å². The highest BCUT2D eigenvalue weighted by atomic mass is 32.2. The molecule has 1 N–H and O–H groups in total. The quantitative estimate of drug-likeness (QED) is 0.766. The molecule has 2 amide bonds. The molecule has 21 heavy (non-hydrogen) atoms. The number of carbonyl (C=O) groups excluding carboxylic acids is 2. The Hall–Kier alpha value is -0.710. The molecule has 120 valence electrons. The van der Waals surface area contributed by atoms with Crippen LogP contribution in [0.1, 0.15) is 52.4 Å². The maximum Gasteiger partial charge on any atom is 0.249 e. The number of nitrogens with zero attached hydrogens (tertiary/aromatic N) is 1. The monoisotopic (exact) mass is 312 g/mol. The van der Waals surface area contributed by atoms with Gasteiger partial charge in [-0.2, -0.15) is 11.8 Å². The summed E-state index contributed by atoms with van der Waals surface area (Å²) in [7, 11) is 0. The Labute approximate surface area is 132 Å². The third-order valence-electron chi connectivity index (χ3n) is 5.02. The number of thioether (sulfide) groups is 1. The predicted molar refractivity (Wildman–Crippen MR) is 87.3 cm³/mol. The standard InChI is InChI=1S/C16H28N2O2S/c1-4-12(2)13-14(19)17-16(8-5-6-9-16)15(20)18(13)10-7-11-21-3/h12-13H,4-11H2,1-3H3,(H,17,19). The molecule has 1 heterocycles. The maximum atomic E-state index is 13.0. The van der Waals surface area contributed by atoms with Gasteiger partial charge in [0.2, 0.25) is 11.8 Å². The van der Waals surface area contributed by atoms with Gasteiger partial charge >= 0.3 is 0 Å². The number of amides is 2. The third-order valence-corrected chi connectivity index (χ3v) is 5.72. The zero-order chi connectivity index (χ0) is 15.5. The molecule has 0 radical (unpaired) electrons. The zero-order valence-corrected chi connectivity index (χ0v) is 14.3. The normalized spacial score (nSPS) is 26.2. The van der Waals surface area contributed by atoms with Gasteiger partial charge in [0.1, 0.15) is 11.6 Å². The molecule has 2 unspecified atom stereocenters. The van der Waals surface area contributed by atoms with E-state index in [2.05, 4.69) is 25.4 Å². The minimum atomic E-state index is -0.583. The average Bonchev–Trinajstić information content (AvgIpc) is 2.93. The highest BCUT2D eigenvalue weighted by Crippen LogP contribution is 2.36. The van der Waals surface area contributed by atoms with Gasteiger partial charge in [-0.15, -0.1) is 0 Å². The summed E-state index contributed by atoms with van der Waals surface area (Å²) in [6.07, 6.45) is 7.65. The molecular formula is C16H28N2O2S. The van der Waals surface area contributed by atoms with Crippen molar-refractivity contribution >= 4 is 23.6 Å². The molecule has 1 aliphatic heterocycles. The molecule has 4 nitrogen and oxygen atoms in total. The fourth-order valence-electron chi connectivity index (χ4n) is 3.63. The first-order chi connectivity index (χ1) is 10.1. The molecule has 5 heteroatoms. The van der Waals surface area contributed by atoms with Crippen LogP contribution in [0, 0.1) is 5.92 Å². The van der Waals surface area contributed by atoms with Gasteiger partial charge in [-0.1, -0.05) is 33.1 Å². The maximum absolute atomic E-state index is 13.0. The first-order valence-corrected chi connectivity index (χ1v) is 9.57. The van der Waals surface area contributed by atoms with E-state index in [0.717, 1.165) is 44.3 Å². The summed E-state index contributed by atoms with van der Waals surface area (Å²) >= 11 is 1.79. The molecule has 2 rings (SSSR count). The van der Waals surface area contributed by atoms with E-state index in [1.165, 1.54) is 0 Å². The largest absolute Gasteiger partial charge is 0.340 e. The van der Waals surface area contributed by atoms with Crippen molar-refractivity contribution in [3.63, 3.8) is 0 Å². The van der Waals surface area contributed by atoms with Gasteiger partial charge in [0, 0.05) is 6.54 Å². The van der Waals surface area contributed by atoms with Gasteiger partial charge < -0.3 is 10.2 Å². The van der Waals surface area contributed by atoms with Crippen LogP contribution in [0.2, 0.25) is 0 Å². The molecule has 0 aromatic heterocycles. The summed E-state index contributed by atoms with van der Waals surface area (Å²) in [6.45, 7) is 4.87. The Morgan fingerprint density at radius 3 is 2.62 bits per heavy atom. The van der Waals surface area contributed by atoms with Crippen molar-refractivity contribution < 1.29 is 9.59 Å². The van der Waals surface area contributed by atoms with Crippen molar-refractivity contribution in [2.75, 3.05) is 18.6 Å². The van der Waals surface area contributed by atoms with Crippen LogP contribution < -0.4 is 5.32 Å². The third kappa shape index (κ3) is 3.22. The Morgan fingerprint density at radius 1 is 1.38 bits per heavy atom. The second kappa shape index (κ2) is 7.03. The van der Waals surface area contributed by atoms with Gasteiger partial charge in [-0.3, -0.25) is 9.59 Å². The van der Waals surface area contributed by atoms with E-state index in [4.69, 9.17) is 0 Å². The van der Waals surface area contributed by atoms with Crippen molar-refractivity contribution in [2.45, 2.75) is 64.0 Å². The minimum absolute atomic E-state index is 0.0648.